The summed E-state index contributed by atoms with van der Waals surface area (Å²) in [6.07, 6.45) is 17.5. The van der Waals surface area contributed by atoms with Crippen LogP contribution in [0.15, 0.2) is 53.8 Å². The van der Waals surface area contributed by atoms with Crippen LogP contribution in [0.1, 0.15) is 64.2 Å². The number of nitrogens with one attached hydrogen (secondary N) is 2. The number of unbranched alkanes of at least 4 members (excludes halogenated alkanes) is 9. The molecule has 0 bridgehead atoms. The van der Waals surface area contributed by atoms with Crippen LogP contribution in [-0.2, 0) is 0 Å². The van der Waals surface area contributed by atoms with Gasteiger partial charge in [0, 0.05) is 17.8 Å². The number of guanidine groups is 1. The molecule has 0 saturated carbocycles. The summed E-state index contributed by atoms with van der Waals surface area (Å²) < 4.78 is 5.72. The minimum absolute atomic E-state index is 0.471. The number of aromatic nitrogens is 1. The van der Waals surface area contributed by atoms with Crippen LogP contribution in [0, 0.1) is 11.5 Å². The number of ether oxygens (including phenoxy) is 1. The number of rotatable bonds is 15. The highest BCUT2D eigenvalue weighted by molar-refractivity contribution is 6.30. The van der Waals surface area contributed by atoms with Crippen LogP contribution in [-0.4, -0.2) is 24.1 Å². The molecule has 0 spiro atoms. The van der Waals surface area contributed by atoms with E-state index in [1.807, 2.05) is 42.6 Å². The number of hydrogen-bond acceptors (Lipinski definition) is 4. The van der Waals surface area contributed by atoms with Crippen molar-refractivity contribution in [1.82, 2.24) is 10.3 Å². The first kappa shape index (κ1) is 25.5. The van der Waals surface area contributed by atoms with Gasteiger partial charge in [-0.2, -0.15) is 5.26 Å². The molecule has 0 aliphatic heterocycles. The van der Waals surface area contributed by atoms with E-state index >= 15 is 0 Å². The van der Waals surface area contributed by atoms with Gasteiger partial charge in [0.2, 0.25) is 5.96 Å². The second-order valence-electron chi connectivity index (χ2n) is 7.68. The molecule has 0 atom stereocenters. The summed E-state index contributed by atoms with van der Waals surface area (Å²) in [7, 11) is 0. The lowest BCUT2D eigenvalue weighted by Gasteiger charge is -2.07. The fourth-order valence-electron chi connectivity index (χ4n) is 3.30. The van der Waals surface area contributed by atoms with Crippen LogP contribution >= 0.6 is 11.6 Å². The van der Waals surface area contributed by atoms with Gasteiger partial charge < -0.3 is 10.1 Å². The van der Waals surface area contributed by atoms with Gasteiger partial charge in [0.25, 0.3) is 0 Å². The van der Waals surface area contributed by atoms with E-state index < -0.39 is 0 Å². The molecule has 32 heavy (non-hydrogen) atoms. The van der Waals surface area contributed by atoms with E-state index in [0.29, 0.717) is 17.5 Å². The monoisotopic (exact) mass is 455 g/mol. The number of halogens is 1. The maximum Gasteiger partial charge on any atom is 0.209 e. The van der Waals surface area contributed by atoms with Crippen LogP contribution < -0.4 is 15.4 Å². The SMILES string of the molecule is N#CNC(=NCCCCCCCCCCCCOc1cccc(Cl)c1)Nc1cccnc1. The smallest absolute Gasteiger partial charge is 0.209 e. The standard InChI is InChI=1S/C25H34ClN5O/c26-22-13-11-15-24(19-22)32-18-10-8-6-4-2-1-3-5-7-9-17-29-25(30-21-27)31-23-14-12-16-28-20-23/h11-16,19-20H,1-10,17-18H2,(H2,29,30,31). The summed E-state index contributed by atoms with van der Waals surface area (Å²) in [5.41, 5.74) is 0.808. The zero-order valence-corrected chi connectivity index (χ0v) is 19.5. The van der Waals surface area contributed by atoms with Crippen LogP contribution in [0.3, 0.4) is 0 Å². The van der Waals surface area contributed by atoms with Crippen molar-refractivity contribution in [2.24, 2.45) is 4.99 Å². The van der Waals surface area contributed by atoms with E-state index in [4.69, 9.17) is 21.6 Å². The minimum atomic E-state index is 0.471. The first-order valence-electron chi connectivity index (χ1n) is 11.5. The fourth-order valence-corrected chi connectivity index (χ4v) is 3.48. The largest absolute Gasteiger partial charge is 0.494 e. The zero-order valence-electron chi connectivity index (χ0n) is 18.7. The molecule has 2 aromatic rings. The van der Waals surface area contributed by atoms with Gasteiger partial charge in [-0.3, -0.25) is 15.3 Å². The number of aliphatic imine (C=N–C) groups is 1. The summed E-state index contributed by atoms with van der Waals surface area (Å²) in [4.78, 5) is 8.49. The second-order valence-corrected chi connectivity index (χ2v) is 8.11. The minimum Gasteiger partial charge on any atom is -0.494 e. The Morgan fingerprint density at radius 2 is 1.69 bits per heavy atom. The van der Waals surface area contributed by atoms with Crippen LogP contribution in [0.4, 0.5) is 5.69 Å². The molecule has 0 saturated heterocycles. The summed E-state index contributed by atoms with van der Waals surface area (Å²) in [6.45, 7) is 1.46. The Balaban J connectivity index is 1.40. The Morgan fingerprint density at radius 3 is 2.34 bits per heavy atom. The molecule has 1 aromatic heterocycles. The number of nitriles is 1. The van der Waals surface area contributed by atoms with Crippen molar-refractivity contribution in [2.75, 3.05) is 18.5 Å². The summed E-state index contributed by atoms with van der Waals surface area (Å²) in [6, 6.07) is 11.3. The first-order chi connectivity index (χ1) is 15.8. The van der Waals surface area contributed by atoms with Crippen molar-refractivity contribution in [3.05, 3.63) is 53.8 Å². The Hall–Kier alpha value is -2.78. The lowest BCUT2D eigenvalue weighted by Crippen LogP contribution is -2.27. The van der Waals surface area contributed by atoms with Gasteiger partial charge in [0.1, 0.15) is 5.75 Å². The Morgan fingerprint density at radius 1 is 0.969 bits per heavy atom. The third-order valence-corrected chi connectivity index (χ3v) is 5.22. The maximum atomic E-state index is 8.87. The van der Waals surface area contributed by atoms with Gasteiger partial charge in [-0.1, -0.05) is 69.0 Å². The van der Waals surface area contributed by atoms with Crippen LogP contribution in [0.25, 0.3) is 0 Å². The molecule has 1 heterocycles. The molecule has 0 amide bonds. The van der Waals surface area contributed by atoms with Crippen LogP contribution in [0.2, 0.25) is 5.02 Å². The van der Waals surface area contributed by atoms with Gasteiger partial charge in [-0.25, -0.2) is 0 Å². The van der Waals surface area contributed by atoms with Crippen LogP contribution in [0.5, 0.6) is 5.75 Å². The van der Waals surface area contributed by atoms with E-state index in [-0.39, 0.29) is 0 Å². The highest BCUT2D eigenvalue weighted by atomic mass is 35.5. The van der Waals surface area contributed by atoms with Gasteiger partial charge in [0.15, 0.2) is 6.19 Å². The molecule has 0 fully saturated rings. The highest BCUT2D eigenvalue weighted by Gasteiger charge is 1.99. The maximum absolute atomic E-state index is 8.87. The summed E-state index contributed by atoms with van der Waals surface area (Å²) in [5.74, 6) is 1.32. The Kier molecular flexibility index (Phi) is 13.4. The van der Waals surface area contributed by atoms with Crippen molar-refractivity contribution >= 4 is 23.2 Å². The lowest BCUT2D eigenvalue weighted by atomic mass is 10.1. The lowest BCUT2D eigenvalue weighted by molar-refractivity contribution is 0.304. The van der Waals surface area contributed by atoms with Crippen molar-refractivity contribution in [1.29, 1.82) is 5.26 Å². The van der Waals surface area contributed by atoms with Gasteiger partial charge in [0.05, 0.1) is 18.5 Å². The number of hydrogen-bond donors (Lipinski definition) is 2. The molecule has 1 aromatic carbocycles. The molecular weight excluding hydrogens is 422 g/mol. The molecule has 2 rings (SSSR count). The number of benzene rings is 1. The third kappa shape index (κ3) is 12.2. The van der Waals surface area contributed by atoms with E-state index in [1.54, 1.807) is 12.4 Å². The van der Waals surface area contributed by atoms with Crippen molar-refractivity contribution < 1.29 is 4.74 Å². The summed E-state index contributed by atoms with van der Waals surface area (Å²) >= 11 is 5.95. The van der Waals surface area contributed by atoms with E-state index in [2.05, 4.69) is 20.6 Å². The molecule has 7 heteroatoms. The molecule has 172 valence electrons. The van der Waals surface area contributed by atoms with Crippen molar-refractivity contribution in [3.63, 3.8) is 0 Å². The Bertz CT molecular complexity index is 823. The fraction of sp³-hybridized carbons (Fsp3) is 0.480. The molecule has 6 nitrogen and oxygen atoms in total. The number of anilines is 1. The summed E-state index contributed by atoms with van der Waals surface area (Å²) in [5, 5.41) is 15.2. The zero-order chi connectivity index (χ0) is 22.7. The third-order valence-electron chi connectivity index (χ3n) is 4.99. The van der Waals surface area contributed by atoms with Gasteiger partial charge >= 0.3 is 0 Å². The number of nitrogens with zero attached hydrogens (tertiary/aromatic N) is 3. The molecule has 0 radical (unpaired) electrons. The van der Waals surface area contributed by atoms with E-state index in [0.717, 1.165) is 37.3 Å². The van der Waals surface area contributed by atoms with Gasteiger partial charge in [-0.05, 0) is 43.2 Å². The second kappa shape index (κ2) is 16.9. The average Bonchev–Trinajstić information content (AvgIpc) is 2.80. The quantitative estimate of drug-likeness (QED) is 0.104. The van der Waals surface area contributed by atoms with Crippen molar-refractivity contribution in [2.45, 2.75) is 64.2 Å². The highest BCUT2D eigenvalue weighted by Crippen LogP contribution is 2.17. The Labute approximate surface area is 197 Å². The van der Waals surface area contributed by atoms with Gasteiger partial charge in [-0.15, -0.1) is 0 Å². The first-order valence-corrected chi connectivity index (χ1v) is 11.9. The molecular formula is C25H34ClN5O. The van der Waals surface area contributed by atoms with E-state index in [9.17, 15) is 0 Å². The predicted molar refractivity (Wildman–Crippen MR) is 132 cm³/mol. The average molecular weight is 456 g/mol. The topological polar surface area (TPSA) is 82.3 Å². The molecule has 0 aliphatic carbocycles. The predicted octanol–water partition coefficient (Wildman–Crippen LogP) is 6.55. The van der Waals surface area contributed by atoms with E-state index in [1.165, 1.54) is 44.9 Å². The van der Waals surface area contributed by atoms with Crippen molar-refractivity contribution in [3.8, 4) is 11.9 Å². The molecule has 2 N–H and O–H groups in total. The normalized spacial score (nSPS) is 11.1. The number of pyridine rings is 1. The molecule has 0 unspecified atom stereocenters. The molecule has 0 aliphatic rings.